The highest BCUT2D eigenvalue weighted by molar-refractivity contribution is 7.99. The van der Waals surface area contributed by atoms with Crippen molar-refractivity contribution in [3.8, 4) is 0 Å². The van der Waals surface area contributed by atoms with E-state index in [0.29, 0.717) is 6.54 Å². The first-order valence-corrected chi connectivity index (χ1v) is 7.65. The van der Waals surface area contributed by atoms with Crippen molar-refractivity contribution in [3.05, 3.63) is 35.1 Å². The first-order valence-electron chi connectivity index (χ1n) is 6.50. The topological polar surface area (TPSA) is 29.3 Å². The zero-order valence-corrected chi connectivity index (χ0v) is 11.7. The summed E-state index contributed by atoms with van der Waals surface area (Å²) in [4.78, 5) is 2.44. The van der Waals surface area contributed by atoms with Crippen LogP contribution in [0.15, 0.2) is 18.2 Å². The molecule has 0 amide bonds. The maximum Gasteiger partial charge on any atom is 0.123 e. The number of nitrogens with two attached hydrogens (primary N) is 1. The van der Waals surface area contributed by atoms with E-state index in [9.17, 15) is 4.39 Å². The lowest BCUT2D eigenvalue weighted by Crippen LogP contribution is -2.35. The molecule has 0 aromatic heterocycles. The van der Waals surface area contributed by atoms with Gasteiger partial charge in [0.2, 0.25) is 0 Å². The molecule has 1 aromatic rings. The SMILES string of the molecule is Cc1cc(F)ccc1C(CN)N1CCCSCC1. The molecule has 2 rings (SSSR count). The predicted molar refractivity (Wildman–Crippen MR) is 76.4 cm³/mol. The second-order valence-corrected chi connectivity index (χ2v) is 5.98. The van der Waals surface area contributed by atoms with Crippen molar-refractivity contribution in [1.29, 1.82) is 0 Å². The van der Waals surface area contributed by atoms with Crippen molar-refractivity contribution in [2.24, 2.45) is 5.73 Å². The van der Waals surface area contributed by atoms with Crippen molar-refractivity contribution in [3.63, 3.8) is 0 Å². The highest BCUT2D eigenvalue weighted by atomic mass is 32.2. The van der Waals surface area contributed by atoms with Crippen LogP contribution in [0.25, 0.3) is 0 Å². The monoisotopic (exact) mass is 268 g/mol. The van der Waals surface area contributed by atoms with Crippen LogP contribution in [0.2, 0.25) is 0 Å². The number of benzene rings is 1. The summed E-state index contributed by atoms with van der Waals surface area (Å²) in [6.45, 7) is 4.72. The number of aryl methyl sites for hydroxylation is 1. The molecular weight excluding hydrogens is 247 g/mol. The summed E-state index contributed by atoms with van der Waals surface area (Å²) in [5, 5.41) is 0. The minimum Gasteiger partial charge on any atom is -0.329 e. The van der Waals surface area contributed by atoms with E-state index in [2.05, 4.69) is 4.90 Å². The highest BCUT2D eigenvalue weighted by Gasteiger charge is 2.21. The van der Waals surface area contributed by atoms with Gasteiger partial charge in [-0.25, -0.2) is 4.39 Å². The van der Waals surface area contributed by atoms with Gasteiger partial charge in [-0.1, -0.05) is 6.07 Å². The maximum absolute atomic E-state index is 13.2. The van der Waals surface area contributed by atoms with Crippen molar-refractivity contribution >= 4 is 11.8 Å². The van der Waals surface area contributed by atoms with Gasteiger partial charge >= 0.3 is 0 Å². The Kier molecular flexibility index (Phi) is 5.03. The van der Waals surface area contributed by atoms with E-state index >= 15 is 0 Å². The summed E-state index contributed by atoms with van der Waals surface area (Å²) < 4.78 is 13.2. The number of halogens is 1. The van der Waals surface area contributed by atoms with Gasteiger partial charge in [0.1, 0.15) is 5.82 Å². The van der Waals surface area contributed by atoms with E-state index in [1.54, 1.807) is 6.07 Å². The molecule has 1 aromatic carbocycles. The van der Waals surface area contributed by atoms with Gasteiger partial charge in [0.25, 0.3) is 0 Å². The Morgan fingerprint density at radius 1 is 1.39 bits per heavy atom. The summed E-state index contributed by atoms with van der Waals surface area (Å²) in [6.07, 6.45) is 1.21. The first-order chi connectivity index (χ1) is 8.72. The molecule has 1 aliphatic rings. The second-order valence-electron chi connectivity index (χ2n) is 4.75. The highest BCUT2D eigenvalue weighted by Crippen LogP contribution is 2.26. The Morgan fingerprint density at radius 3 is 2.94 bits per heavy atom. The van der Waals surface area contributed by atoms with Gasteiger partial charge < -0.3 is 5.73 Å². The van der Waals surface area contributed by atoms with Crippen LogP contribution in [-0.2, 0) is 0 Å². The maximum atomic E-state index is 13.2. The fourth-order valence-electron chi connectivity index (χ4n) is 2.56. The Morgan fingerprint density at radius 2 is 2.22 bits per heavy atom. The molecule has 1 saturated heterocycles. The lowest BCUT2D eigenvalue weighted by atomic mass is 9.99. The van der Waals surface area contributed by atoms with Crippen molar-refractivity contribution in [1.82, 2.24) is 4.90 Å². The Balaban J connectivity index is 2.20. The molecule has 1 fully saturated rings. The first kappa shape index (κ1) is 13.8. The molecule has 1 atom stereocenters. The van der Waals surface area contributed by atoms with E-state index in [0.717, 1.165) is 24.4 Å². The minimum absolute atomic E-state index is 0.168. The van der Waals surface area contributed by atoms with Gasteiger partial charge in [-0.3, -0.25) is 4.90 Å². The number of hydrogen-bond donors (Lipinski definition) is 1. The number of nitrogens with zero attached hydrogens (tertiary/aromatic N) is 1. The molecule has 1 unspecified atom stereocenters. The average Bonchev–Trinajstić information content (AvgIpc) is 2.62. The molecule has 0 radical (unpaired) electrons. The third-order valence-electron chi connectivity index (χ3n) is 3.51. The standard InChI is InChI=1S/C14H21FN2S/c1-11-9-12(15)3-4-13(11)14(10-16)17-5-2-7-18-8-6-17/h3-4,9,14H,2,5-8,10,16H2,1H3. The molecule has 2 N–H and O–H groups in total. The van der Waals surface area contributed by atoms with Crippen LogP contribution in [0.3, 0.4) is 0 Å². The smallest absolute Gasteiger partial charge is 0.123 e. The molecule has 1 aliphatic heterocycles. The average molecular weight is 268 g/mol. The number of hydrogen-bond acceptors (Lipinski definition) is 3. The van der Waals surface area contributed by atoms with Crippen molar-refractivity contribution < 1.29 is 4.39 Å². The van der Waals surface area contributed by atoms with Crippen LogP contribution in [0.1, 0.15) is 23.6 Å². The fourth-order valence-corrected chi connectivity index (χ4v) is 3.46. The van der Waals surface area contributed by atoms with E-state index < -0.39 is 0 Å². The quantitative estimate of drug-likeness (QED) is 0.913. The van der Waals surface area contributed by atoms with E-state index in [-0.39, 0.29) is 11.9 Å². The van der Waals surface area contributed by atoms with E-state index in [1.807, 2.05) is 24.8 Å². The van der Waals surface area contributed by atoms with E-state index in [1.165, 1.54) is 23.8 Å². The summed E-state index contributed by atoms with van der Waals surface area (Å²) >= 11 is 2.01. The van der Waals surface area contributed by atoms with E-state index in [4.69, 9.17) is 5.73 Å². The molecule has 0 spiro atoms. The molecule has 0 bridgehead atoms. The normalized spacial score (nSPS) is 19.5. The molecule has 4 heteroatoms. The Bertz CT molecular complexity index is 389. The van der Waals surface area contributed by atoms with Crippen LogP contribution >= 0.6 is 11.8 Å². The second kappa shape index (κ2) is 6.55. The summed E-state index contributed by atoms with van der Waals surface area (Å²) in [6, 6.07) is 5.26. The zero-order chi connectivity index (χ0) is 13.0. The largest absolute Gasteiger partial charge is 0.329 e. The van der Waals surface area contributed by atoms with Gasteiger partial charge in [-0.15, -0.1) is 0 Å². The van der Waals surface area contributed by atoms with Crippen molar-refractivity contribution in [2.75, 3.05) is 31.1 Å². The summed E-state index contributed by atoms with van der Waals surface area (Å²) in [7, 11) is 0. The molecule has 0 aliphatic carbocycles. The predicted octanol–water partition coefficient (Wildman–Crippen LogP) is 2.57. The van der Waals surface area contributed by atoms with Crippen LogP contribution in [0, 0.1) is 12.7 Å². The minimum atomic E-state index is -0.168. The van der Waals surface area contributed by atoms with Gasteiger partial charge in [-0.2, -0.15) is 11.8 Å². The Labute approximate surface area is 113 Å². The van der Waals surface area contributed by atoms with Crippen LogP contribution < -0.4 is 5.73 Å². The molecule has 0 saturated carbocycles. The molecule has 18 heavy (non-hydrogen) atoms. The van der Waals surface area contributed by atoms with Crippen molar-refractivity contribution in [2.45, 2.75) is 19.4 Å². The lowest BCUT2D eigenvalue weighted by molar-refractivity contribution is 0.217. The van der Waals surface area contributed by atoms with Gasteiger partial charge in [0, 0.05) is 24.9 Å². The summed E-state index contributed by atoms with van der Waals surface area (Å²) in [5.74, 6) is 2.23. The number of rotatable bonds is 3. The van der Waals surface area contributed by atoms with Gasteiger partial charge in [0.15, 0.2) is 0 Å². The molecule has 100 valence electrons. The third-order valence-corrected chi connectivity index (χ3v) is 4.56. The van der Waals surface area contributed by atoms with Crippen LogP contribution in [-0.4, -0.2) is 36.0 Å². The third kappa shape index (κ3) is 3.25. The zero-order valence-electron chi connectivity index (χ0n) is 10.9. The van der Waals surface area contributed by atoms with Crippen LogP contribution in [0.5, 0.6) is 0 Å². The molecule has 2 nitrogen and oxygen atoms in total. The van der Waals surface area contributed by atoms with Crippen LogP contribution in [0.4, 0.5) is 4.39 Å². The molecular formula is C14H21FN2S. The van der Waals surface area contributed by atoms with Gasteiger partial charge in [-0.05, 0) is 48.9 Å². The number of thioether (sulfide) groups is 1. The lowest BCUT2D eigenvalue weighted by Gasteiger charge is -2.30. The summed E-state index contributed by atoms with van der Waals surface area (Å²) in [5.41, 5.74) is 8.13. The Hall–Kier alpha value is -0.580. The molecule has 1 heterocycles. The fraction of sp³-hybridized carbons (Fsp3) is 0.571. The van der Waals surface area contributed by atoms with Gasteiger partial charge in [0.05, 0.1) is 0 Å².